The lowest BCUT2D eigenvalue weighted by Crippen LogP contribution is -1.85. The third-order valence-corrected chi connectivity index (χ3v) is 5.72. The molecular formula is C23H15BrClOS+. The fourth-order valence-electron chi connectivity index (χ4n) is 2.72. The van der Waals surface area contributed by atoms with Crippen molar-refractivity contribution in [2.24, 2.45) is 0 Å². The van der Waals surface area contributed by atoms with E-state index in [4.69, 9.17) is 16.0 Å². The molecule has 0 spiro atoms. The molecule has 4 heteroatoms. The highest BCUT2D eigenvalue weighted by atomic mass is 79.9. The van der Waals surface area contributed by atoms with Gasteiger partial charge in [-0.1, -0.05) is 70.0 Å². The van der Waals surface area contributed by atoms with Crippen LogP contribution >= 0.6 is 38.9 Å². The molecule has 0 amide bonds. The first-order valence-corrected chi connectivity index (χ1v) is 10.4. The summed E-state index contributed by atoms with van der Waals surface area (Å²) in [4.78, 5) is 0. The number of hydrogen-bond donors (Lipinski definition) is 0. The summed E-state index contributed by atoms with van der Waals surface area (Å²) < 4.78 is 7.28. The Hall–Kier alpha value is -2.20. The number of benzene rings is 3. The maximum Gasteiger partial charge on any atom is 0.418 e. The van der Waals surface area contributed by atoms with Gasteiger partial charge in [-0.25, -0.2) is 0 Å². The summed E-state index contributed by atoms with van der Waals surface area (Å²) in [5.41, 5.74) is 4.29. The molecule has 0 aliphatic carbocycles. The third-order valence-electron chi connectivity index (χ3n) is 4.09. The van der Waals surface area contributed by atoms with E-state index in [-0.39, 0.29) is 0 Å². The van der Waals surface area contributed by atoms with Crippen molar-refractivity contribution in [2.75, 3.05) is 0 Å². The Balaban J connectivity index is 1.77. The van der Waals surface area contributed by atoms with Crippen molar-refractivity contribution < 1.29 is 4.42 Å². The maximum absolute atomic E-state index is 6.23. The van der Waals surface area contributed by atoms with Gasteiger partial charge in [0.25, 0.3) is 0 Å². The lowest BCUT2D eigenvalue weighted by molar-refractivity contribution is 0.576. The van der Waals surface area contributed by atoms with Gasteiger partial charge in [0.15, 0.2) is 0 Å². The summed E-state index contributed by atoms with van der Waals surface area (Å²) in [7, 11) is 0. The van der Waals surface area contributed by atoms with Crippen molar-refractivity contribution in [3.05, 3.63) is 110 Å². The summed E-state index contributed by atoms with van der Waals surface area (Å²) >= 11 is 11.1. The van der Waals surface area contributed by atoms with E-state index in [1.54, 1.807) is 11.3 Å². The molecule has 1 nitrogen and oxygen atoms in total. The van der Waals surface area contributed by atoms with Crippen LogP contribution in [0.1, 0.15) is 16.2 Å². The predicted octanol–water partition coefficient (Wildman–Crippen LogP) is 8.29. The van der Waals surface area contributed by atoms with E-state index in [1.165, 1.54) is 0 Å². The summed E-state index contributed by atoms with van der Waals surface area (Å²) in [5.74, 6) is 0.862. The zero-order chi connectivity index (χ0) is 18.6. The van der Waals surface area contributed by atoms with Crippen LogP contribution in [0.4, 0.5) is 0 Å². The maximum atomic E-state index is 6.23. The van der Waals surface area contributed by atoms with Crippen LogP contribution in [-0.2, 0) is 0 Å². The first-order valence-electron chi connectivity index (χ1n) is 8.40. The van der Waals surface area contributed by atoms with E-state index < -0.39 is 0 Å². The topological polar surface area (TPSA) is 11.3 Å². The van der Waals surface area contributed by atoms with Gasteiger partial charge < -0.3 is 0 Å². The smallest absolute Gasteiger partial charge is 0.194 e. The normalized spacial score (nSPS) is 11.6. The summed E-state index contributed by atoms with van der Waals surface area (Å²) in [6.45, 7) is 0. The molecule has 0 radical (unpaired) electrons. The summed E-state index contributed by atoms with van der Waals surface area (Å²) in [5, 5.41) is 3.65. The van der Waals surface area contributed by atoms with E-state index in [0.29, 0.717) is 0 Å². The van der Waals surface area contributed by atoms with Gasteiger partial charge in [-0.15, -0.1) is 0 Å². The molecule has 3 aromatic carbocycles. The van der Waals surface area contributed by atoms with E-state index >= 15 is 0 Å². The Morgan fingerprint density at radius 1 is 0.889 bits per heavy atom. The molecule has 0 unspecified atom stereocenters. The van der Waals surface area contributed by atoms with Crippen LogP contribution in [0.15, 0.2) is 93.1 Å². The van der Waals surface area contributed by atoms with Gasteiger partial charge in [-0.05, 0) is 64.9 Å². The highest BCUT2D eigenvalue weighted by Gasteiger charge is 2.24. The lowest BCUT2D eigenvalue weighted by atomic mass is 10.0. The van der Waals surface area contributed by atoms with E-state index in [2.05, 4.69) is 39.5 Å². The van der Waals surface area contributed by atoms with Gasteiger partial charge in [0.05, 0.1) is 11.1 Å². The van der Waals surface area contributed by atoms with Crippen molar-refractivity contribution in [1.29, 1.82) is 0 Å². The first-order chi connectivity index (χ1) is 13.2. The second-order valence-corrected chi connectivity index (χ2v) is 8.17. The minimum atomic E-state index is 0.728. The quantitative estimate of drug-likeness (QED) is 0.223. The highest BCUT2D eigenvalue weighted by Crippen LogP contribution is 2.35. The molecule has 0 N–H and O–H groups in total. The van der Waals surface area contributed by atoms with E-state index in [0.717, 1.165) is 42.6 Å². The Labute approximate surface area is 175 Å². The van der Waals surface area contributed by atoms with Crippen LogP contribution in [-0.4, -0.2) is 0 Å². The summed E-state index contributed by atoms with van der Waals surface area (Å²) in [6, 6.07) is 26.2. The molecule has 0 aliphatic rings. The second kappa shape index (κ2) is 8.22. The van der Waals surface area contributed by atoms with Crippen LogP contribution in [0.5, 0.6) is 0 Å². The van der Waals surface area contributed by atoms with Crippen molar-refractivity contribution in [3.8, 4) is 11.3 Å². The van der Waals surface area contributed by atoms with E-state index in [9.17, 15) is 0 Å². The Bertz CT molecular complexity index is 1070. The molecule has 4 aromatic rings. The average Bonchev–Trinajstić information content (AvgIpc) is 3.18. The molecule has 0 fully saturated rings. The third kappa shape index (κ3) is 4.38. The van der Waals surface area contributed by atoms with Crippen LogP contribution in [0, 0.1) is 0 Å². The fraction of sp³-hybridized carbons (Fsp3) is 0. The van der Waals surface area contributed by atoms with Crippen molar-refractivity contribution >= 4 is 50.5 Å². The highest BCUT2D eigenvalue weighted by molar-refractivity contribution is 9.10. The average molecular weight is 455 g/mol. The minimum absolute atomic E-state index is 0.728. The Morgan fingerprint density at radius 2 is 1.59 bits per heavy atom. The fourth-order valence-corrected chi connectivity index (χ4v) is 3.95. The standard InChI is InChI=1S/C23H15BrClOS/c24-19-10-8-18(9-11-19)22-15-27-23(26-22)21(17-4-2-1-3-5-17)14-16-6-12-20(25)13-7-16/h1-15H/q+1/b21-14+. The Morgan fingerprint density at radius 3 is 2.30 bits per heavy atom. The SMILES string of the molecule is Clc1ccc(/C=C(\c2ccccc2)c2[o+]c(-c3ccc(Br)cc3)cs2)cc1. The van der Waals surface area contributed by atoms with Gasteiger partial charge in [0.2, 0.25) is 0 Å². The molecule has 1 aromatic heterocycles. The molecule has 132 valence electrons. The summed E-state index contributed by atoms with van der Waals surface area (Å²) in [6.07, 6.45) is 2.13. The van der Waals surface area contributed by atoms with Crippen LogP contribution in [0.25, 0.3) is 23.0 Å². The molecule has 0 atom stereocenters. The minimum Gasteiger partial charge on any atom is -0.194 e. The van der Waals surface area contributed by atoms with Gasteiger partial charge >= 0.3 is 10.8 Å². The van der Waals surface area contributed by atoms with Gasteiger partial charge in [0, 0.05) is 9.50 Å². The molecule has 27 heavy (non-hydrogen) atoms. The number of halogens is 2. The molecule has 4 rings (SSSR count). The van der Waals surface area contributed by atoms with Crippen LogP contribution in [0.3, 0.4) is 0 Å². The lowest BCUT2D eigenvalue weighted by Gasteiger charge is -2.00. The molecule has 0 bridgehead atoms. The zero-order valence-electron chi connectivity index (χ0n) is 14.2. The van der Waals surface area contributed by atoms with Gasteiger partial charge in [-0.2, -0.15) is 4.42 Å². The van der Waals surface area contributed by atoms with Crippen molar-refractivity contribution in [3.63, 3.8) is 0 Å². The molecule has 0 saturated carbocycles. The largest absolute Gasteiger partial charge is 0.418 e. The van der Waals surface area contributed by atoms with Crippen LogP contribution in [0.2, 0.25) is 5.02 Å². The molecule has 0 saturated heterocycles. The van der Waals surface area contributed by atoms with Crippen molar-refractivity contribution in [1.82, 2.24) is 0 Å². The zero-order valence-corrected chi connectivity index (χ0v) is 17.4. The molecular weight excluding hydrogens is 440 g/mol. The monoisotopic (exact) mass is 453 g/mol. The van der Waals surface area contributed by atoms with E-state index in [1.807, 2.05) is 66.7 Å². The second-order valence-electron chi connectivity index (χ2n) is 5.97. The molecule has 0 aliphatic heterocycles. The Kier molecular flexibility index (Phi) is 5.53. The number of hydrogen-bond acceptors (Lipinski definition) is 1. The van der Waals surface area contributed by atoms with Crippen molar-refractivity contribution in [2.45, 2.75) is 0 Å². The number of rotatable bonds is 4. The van der Waals surface area contributed by atoms with Gasteiger partial charge in [-0.3, -0.25) is 0 Å². The predicted molar refractivity (Wildman–Crippen MR) is 119 cm³/mol. The van der Waals surface area contributed by atoms with Crippen LogP contribution < -0.4 is 0 Å². The van der Waals surface area contributed by atoms with Gasteiger partial charge in [0.1, 0.15) is 5.38 Å². The molecule has 1 heterocycles. The first kappa shape index (κ1) is 18.2.